The van der Waals surface area contributed by atoms with Gasteiger partial charge in [0.1, 0.15) is 30.0 Å². The van der Waals surface area contributed by atoms with Crippen LogP contribution in [0.15, 0.2) is 93.9 Å². The maximum atomic E-state index is 14.0. The van der Waals surface area contributed by atoms with Crippen molar-refractivity contribution < 1.29 is 23.4 Å². The van der Waals surface area contributed by atoms with Crippen LogP contribution in [-0.4, -0.2) is 23.2 Å². The molecule has 3 aromatic carbocycles. The molecule has 2 heterocycles. The number of aromatic nitrogens is 1. The van der Waals surface area contributed by atoms with Crippen LogP contribution in [0, 0.1) is 5.82 Å². The van der Waals surface area contributed by atoms with Crippen LogP contribution in [0.4, 0.5) is 4.39 Å². The predicted octanol–water partition coefficient (Wildman–Crippen LogP) is 5.30. The summed E-state index contributed by atoms with van der Waals surface area (Å²) < 4.78 is 32.6. The number of esters is 1. The van der Waals surface area contributed by atoms with Crippen molar-refractivity contribution in [1.29, 1.82) is 0 Å². The van der Waals surface area contributed by atoms with Crippen molar-refractivity contribution in [1.82, 2.24) is 4.57 Å². The fourth-order valence-electron chi connectivity index (χ4n) is 4.75. The van der Waals surface area contributed by atoms with E-state index in [9.17, 15) is 14.0 Å². The molecule has 5 rings (SSSR count). The smallest absolute Gasteiger partial charge is 0.338 e. The Bertz CT molecular complexity index is 1820. The van der Waals surface area contributed by atoms with Gasteiger partial charge in [-0.3, -0.25) is 9.36 Å². The standard InChI is InChI=1S/C33H31FN2O5S/c1-5-39-32(38)29-21(4)35-33-36(30(29)26-11-6-7-12-27(26)41-20(2)3)31(37)28(42-33)18-23-9-8-10-25(17-23)40-19-22-13-15-24(34)16-14-22/h6-18,20,30H,5,19H2,1-4H3. The number of para-hydroxylation sites is 1. The van der Waals surface area contributed by atoms with Crippen molar-refractivity contribution >= 4 is 23.4 Å². The Labute approximate surface area is 246 Å². The average molecular weight is 587 g/mol. The number of carbonyl (C=O) groups is 1. The normalized spacial score (nSPS) is 14.9. The largest absolute Gasteiger partial charge is 0.491 e. The Balaban J connectivity index is 1.57. The lowest BCUT2D eigenvalue weighted by Gasteiger charge is -2.26. The topological polar surface area (TPSA) is 79.1 Å². The third-order valence-corrected chi connectivity index (χ3v) is 7.55. The van der Waals surface area contributed by atoms with E-state index in [2.05, 4.69) is 4.99 Å². The van der Waals surface area contributed by atoms with E-state index in [4.69, 9.17) is 14.2 Å². The zero-order chi connectivity index (χ0) is 29.8. The average Bonchev–Trinajstić information content (AvgIpc) is 3.26. The summed E-state index contributed by atoms with van der Waals surface area (Å²) in [5, 5.41) is 0. The zero-order valence-electron chi connectivity index (χ0n) is 23.8. The van der Waals surface area contributed by atoms with Gasteiger partial charge in [0.2, 0.25) is 0 Å². The molecule has 4 aromatic rings. The number of hydrogen-bond donors (Lipinski definition) is 0. The number of thiazole rings is 1. The Kier molecular flexibility index (Phi) is 8.68. The molecule has 0 N–H and O–H groups in total. The first-order valence-corrected chi connectivity index (χ1v) is 14.5. The Morgan fingerprint density at radius 2 is 1.86 bits per heavy atom. The summed E-state index contributed by atoms with van der Waals surface area (Å²) in [4.78, 5) is 32.4. The minimum absolute atomic E-state index is 0.115. The molecular formula is C33H31FN2O5S. The van der Waals surface area contributed by atoms with Crippen LogP contribution < -0.4 is 24.4 Å². The SMILES string of the molecule is CCOC(=O)C1=C(C)N=c2sc(=Cc3cccc(OCc4ccc(F)cc4)c3)c(=O)n2C1c1ccccc1OC(C)C. The van der Waals surface area contributed by atoms with Crippen molar-refractivity contribution in [3.8, 4) is 11.5 Å². The van der Waals surface area contributed by atoms with Gasteiger partial charge in [0.15, 0.2) is 4.80 Å². The number of nitrogens with zero attached hydrogens (tertiary/aromatic N) is 2. The van der Waals surface area contributed by atoms with Crippen LogP contribution in [-0.2, 0) is 16.1 Å². The van der Waals surface area contributed by atoms with Crippen LogP contribution >= 0.6 is 11.3 Å². The molecule has 9 heteroatoms. The van der Waals surface area contributed by atoms with Gasteiger partial charge in [0.25, 0.3) is 5.56 Å². The summed E-state index contributed by atoms with van der Waals surface area (Å²) in [6, 6.07) is 20.1. The minimum atomic E-state index is -0.775. The van der Waals surface area contributed by atoms with E-state index >= 15 is 0 Å². The molecule has 0 saturated heterocycles. The van der Waals surface area contributed by atoms with E-state index in [1.807, 2.05) is 62.4 Å². The molecule has 0 amide bonds. The highest BCUT2D eigenvalue weighted by atomic mass is 32.1. The van der Waals surface area contributed by atoms with Gasteiger partial charge < -0.3 is 14.2 Å². The molecule has 0 spiro atoms. The third-order valence-electron chi connectivity index (χ3n) is 6.57. The van der Waals surface area contributed by atoms with E-state index < -0.39 is 12.0 Å². The number of halogens is 1. The highest BCUT2D eigenvalue weighted by molar-refractivity contribution is 7.07. The van der Waals surface area contributed by atoms with Crippen LogP contribution in [0.25, 0.3) is 6.08 Å². The lowest BCUT2D eigenvalue weighted by molar-refractivity contribution is -0.139. The van der Waals surface area contributed by atoms with Gasteiger partial charge >= 0.3 is 5.97 Å². The molecule has 7 nitrogen and oxygen atoms in total. The molecule has 0 fully saturated rings. The van der Waals surface area contributed by atoms with E-state index in [-0.39, 0.29) is 30.7 Å². The number of ether oxygens (including phenoxy) is 3. The molecule has 0 saturated carbocycles. The number of allylic oxidation sites excluding steroid dienone is 1. The maximum absolute atomic E-state index is 14.0. The van der Waals surface area contributed by atoms with Gasteiger partial charge in [-0.15, -0.1) is 0 Å². The van der Waals surface area contributed by atoms with Crippen molar-refractivity contribution in [3.63, 3.8) is 0 Å². The maximum Gasteiger partial charge on any atom is 0.338 e. The first-order chi connectivity index (χ1) is 20.2. The number of rotatable bonds is 9. The number of benzene rings is 3. The van der Waals surface area contributed by atoms with Crippen LogP contribution in [0.5, 0.6) is 11.5 Å². The fourth-order valence-corrected chi connectivity index (χ4v) is 5.79. The summed E-state index contributed by atoms with van der Waals surface area (Å²) in [7, 11) is 0. The molecule has 216 valence electrons. The quantitative estimate of drug-likeness (QED) is 0.249. The van der Waals surface area contributed by atoms with Crippen LogP contribution in [0.2, 0.25) is 0 Å². The molecule has 1 unspecified atom stereocenters. The minimum Gasteiger partial charge on any atom is -0.491 e. The summed E-state index contributed by atoms with van der Waals surface area (Å²) in [5.41, 5.74) is 2.78. The summed E-state index contributed by atoms with van der Waals surface area (Å²) >= 11 is 1.25. The highest BCUT2D eigenvalue weighted by Crippen LogP contribution is 2.36. The van der Waals surface area contributed by atoms with Gasteiger partial charge in [-0.1, -0.05) is 53.8 Å². The Morgan fingerprint density at radius 3 is 2.60 bits per heavy atom. The Hall–Kier alpha value is -4.50. The molecule has 1 aliphatic rings. The second kappa shape index (κ2) is 12.6. The molecule has 0 bridgehead atoms. The van der Waals surface area contributed by atoms with Crippen LogP contribution in [0.1, 0.15) is 50.4 Å². The van der Waals surface area contributed by atoms with Crippen LogP contribution in [0.3, 0.4) is 0 Å². The van der Waals surface area contributed by atoms with Crippen molar-refractivity contribution in [2.45, 2.75) is 46.4 Å². The first-order valence-electron chi connectivity index (χ1n) is 13.7. The molecule has 42 heavy (non-hydrogen) atoms. The third kappa shape index (κ3) is 6.21. The lowest BCUT2D eigenvalue weighted by atomic mass is 9.95. The highest BCUT2D eigenvalue weighted by Gasteiger charge is 2.35. The monoisotopic (exact) mass is 586 g/mol. The number of hydrogen-bond acceptors (Lipinski definition) is 7. The Morgan fingerprint density at radius 1 is 1.10 bits per heavy atom. The van der Waals surface area contributed by atoms with Gasteiger partial charge in [0, 0.05) is 5.56 Å². The molecular weight excluding hydrogens is 555 g/mol. The van der Waals surface area contributed by atoms with Gasteiger partial charge in [-0.2, -0.15) is 0 Å². The second-order valence-electron chi connectivity index (χ2n) is 9.99. The number of fused-ring (bicyclic) bond motifs is 1. The van der Waals surface area contributed by atoms with E-state index in [0.29, 0.717) is 37.7 Å². The molecule has 0 radical (unpaired) electrons. The van der Waals surface area contributed by atoms with E-state index in [0.717, 1.165) is 11.1 Å². The van der Waals surface area contributed by atoms with Gasteiger partial charge in [-0.25, -0.2) is 14.2 Å². The molecule has 0 aliphatic carbocycles. The predicted molar refractivity (Wildman–Crippen MR) is 160 cm³/mol. The summed E-state index contributed by atoms with van der Waals surface area (Å²) in [5.74, 6) is 0.363. The van der Waals surface area contributed by atoms with E-state index in [1.165, 1.54) is 23.5 Å². The lowest BCUT2D eigenvalue weighted by Crippen LogP contribution is -2.40. The summed E-state index contributed by atoms with van der Waals surface area (Å²) in [6.45, 7) is 7.81. The molecule has 1 atom stereocenters. The molecule has 1 aliphatic heterocycles. The van der Waals surface area contributed by atoms with Gasteiger partial charge in [-0.05, 0) is 75.2 Å². The number of carbonyl (C=O) groups excluding carboxylic acids is 1. The fraction of sp³-hybridized carbons (Fsp3) is 0.242. The van der Waals surface area contributed by atoms with Crippen molar-refractivity contribution in [2.24, 2.45) is 4.99 Å². The van der Waals surface area contributed by atoms with E-state index in [1.54, 1.807) is 36.6 Å². The van der Waals surface area contributed by atoms with Crippen molar-refractivity contribution in [3.05, 3.63) is 126 Å². The van der Waals surface area contributed by atoms with Gasteiger partial charge in [0.05, 0.1) is 28.5 Å². The van der Waals surface area contributed by atoms with Crippen molar-refractivity contribution in [2.75, 3.05) is 6.61 Å². The zero-order valence-corrected chi connectivity index (χ0v) is 24.6. The summed E-state index contributed by atoms with van der Waals surface area (Å²) in [6.07, 6.45) is 1.67. The second-order valence-corrected chi connectivity index (χ2v) is 11.0. The molecule has 1 aromatic heterocycles. The first kappa shape index (κ1) is 29.0.